The third-order valence-electron chi connectivity index (χ3n) is 5.32. The van der Waals surface area contributed by atoms with Crippen LogP contribution in [0.5, 0.6) is 0 Å². The van der Waals surface area contributed by atoms with Crippen molar-refractivity contribution in [1.82, 2.24) is 14.5 Å². The number of carbonyl (C=O) groups excluding carboxylic acids is 1. The van der Waals surface area contributed by atoms with Gasteiger partial charge in [0.05, 0.1) is 18.4 Å². The molecule has 2 aromatic heterocycles. The van der Waals surface area contributed by atoms with E-state index in [2.05, 4.69) is 14.5 Å². The number of aliphatic hydroxyl groups is 1. The fourth-order valence-electron chi connectivity index (χ4n) is 3.88. The second-order valence-electron chi connectivity index (χ2n) is 7.32. The summed E-state index contributed by atoms with van der Waals surface area (Å²) in [5, 5.41) is 10.6. The van der Waals surface area contributed by atoms with Crippen LogP contribution < -0.4 is 5.69 Å². The molecule has 31 heavy (non-hydrogen) atoms. The number of aromatic nitrogens is 3. The first-order valence-electron chi connectivity index (χ1n) is 9.33. The Bertz CT molecular complexity index is 1330. The molecule has 0 unspecified atom stereocenters. The molecule has 3 heterocycles. The molecule has 1 aromatic carbocycles. The van der Waals surface area contributed by atoms with E-state index in [0.29, 0.717) is 27.8 Å². The van der Waals surface area contributed by atoms with Gasteiger partial charge in [0, 0.05) is 34.7 Å². The topological polar surface area (TPSA) is 161 Å². The normalized spacial score (nSPS) is 22.7. The SMILES string of the molecule is O=C1c2ccccc2-c2nc3nc(=O)n([C@H]4C[C@H](O)[C@@H](COP(=O)(O)O)O4)cc3cc21. The molecule has 3 atom stereocenters. The van der Waals surface area contributed by atoms with Crippen molar-refractivity contribution in [2.24, 2.45) is 0 Å². The van der Waals surface area contributed by atoms with Gasteiger partial charge in [0.1, 0.15) is 12.3 Å². The Labute approximate surface area is 174 Å². The van der Waals surface area contributed by atoms with Gasteiger partial charge in [0.15, 0.2) is 11.4 Å². The summed E-state index contributed by atoms with van der Waals surface area (Å²) in [6.45, 7) is -0.542. The van der Waals surface area contributed by atoms with Crippen LogP contribution in [0.3, 0.4) is 0 Å². The highest BCUT2D eigenvalue weighted by molar-refractivity contribution is 7.46. The Hall–Kier alpha value is -2.79. The number of ketones is 1. The summed E-state index contributed by atoms with van der Waals surface area (Å²) in [5.74, 6) is -0.167. The number of phosphoric acid groups is 1. The van der Waals surface area contributed by atoms with Crippen molar-refractivity contribution >= 4 is 24.6 Å². The lowest BCUT2D eigenvalue weighted by Gasteiger charge is -2.16. The molecular formula is C19H16N3O8P. The molecule has 0 saturated carbocycles. The van der Waals surface area contributed by atoms with E-state index in [0.717, 1.165) is 4.57 Å². The van der Waals surface area contributed by atoms with Gasteiger partial charge in [-0.25, -0.2) is 14.3 Å². The fraction of sp³-hybridized carbons (Fsp3) is 0.263. The Morgan fingerprint density at radius 3 is 2.65 bits per heavy atom. The summed E-state index contributed by atoms with van der Waals surface area (Å²) in [6, 6.07) is 8.67. The number of aliphatic hydroxyl groups excluding tert-OH is 1. The zero-order valence-electron chi connectivity index (χ0n) is 15.8. The lowest BCUT2D eigenvalue weighted by molar-refractivity contribution is -0.0449. The van der Waals surface area contributed by atoms with Crippen LogP contribution in [-0.2, 0) is 13.8 Å². The third-order valence-corrected chi connectivity index (χ3v) is 5.81. The van der Waals surface area contributed by atoms with Crippen LogP contribution in [0.4, 0.5) is 0 Å². The van der Waals surface area contributed by atoms with Crippen LogP contribution >= 0.6 is 7.82 Å². The molecule has 160 valence electrons. The number of phosphoric ester groups is 1. The molecule has 0 spiro atoms. The van der Waals surface area contributed by atoms with Gasteiger partial charge in [-0.3, -0.25) is 13.9 Å². The highest BCUT2D eigenvalue weighted by Gasteiger charge is 2.37. The van der Waals surface area contributed by atoms with Gasteiger partial charge in [0.25, 0.3) is 0 Å². The molecule has 0 bridgehead atoms. The number of fused-ring (bicyclic) bond motifs is 4. The largest absolute Gasteiger partial charge is 0.469 e. The van der Waals surface area contributed by atoms with Crippen LogP contribution in [0, 0.1) is 0 Å². The summed E-state index contributed by atoms with van der Waals surface area (Å²) in [6.07, 6.45) is -1.63. The average Bonchev–Trinajstić information content (AvgIpc) is 3.22. The van der Waals surface area contributed by atoms with Crippen LogP contribution in [0.2, 0.25) is 0 Å². The highest BCUT2D eigenvalue weighted by Crippen LogP contribution is 2.39. The number of benzene rings is 1. The molecule has 11 nitrogen and oxygen atoms in total. The summed E-state index contributed by atoms with van der Waals surface area (Å²) >= 11 is 0. The minimum absolute atomic E-state index is 0.00891. The first-order chi connectivity index (χ1) is 14.7. The molecule has 0 radical (unpaired) electrons. The Kier molecular flexibility index (Phi) is 4.63. The van der Waals surface area contributed by atoms with E-state index < -0.39 is 38.6 Å². The summed E-state index contributed by atoms with van der Waals surface area (Å²) in [7, 11) is -4.73. The summed E-state index contributed by atoms with van der Waals surface area (Å²) < 4.78 is 22.0. The number of ether oxygens (including phenoxy) is 1. The maximum Gasteiger partial charge on any atom is 0.469 e. The van der Waals surface area contributed by atoms with Gasteiger partial charge in [-0.1, -0.05) is 24.3 Å². The second-order valence-corrected chi connectivity index (χ2v) is 8.56. The second kappa shape index (κ2) is 7.13. The Morgan fingerprint density at radius 1 is 1.16 bits per heavy atom. The zero-order chi connectivity index (χ0) is 21.9. The van der Waals surface area contributed by atoms with E-state index in [9.17, 15) is 19.3 Å². The predicted octanol–water partition coefficient (Wildman–Crippen LogP) is 0.761. The molecule has 5 rings (SSSR count). The van der Waals surface area contributed by atoms with Crippen molar-refractivity contribution in [3.63, 3.8) is 0 Å². The molecule has 3 aromatic rings. The highest BCUT2D eigenvalue weighted by atomic mass is 31.2. The quantitative estimate of drug-likeness (QED) is 0.383. The molecule has 3 N–H and O–H groups in total. The van der Waals surface area contributed by atoms with Gasteiger partial charge in [-0.05, 0) is 6.07 Å². The van der Waals surface area contributed by atoms with Crippen molar-refractivity contribution in [2.75, 3.05) is 6.61 Å². The van der Waals surface area contributed by atoms with Crippen LogP contribution in [0.1, 0.15) is 28.6 Å². The van der Waals surface area contributed by atoms with Gasteiger partial charge >= 0.3 is 13.5 Å². The van der Waals surface area contributed by atoms with E-state index >= 15 is 0 Å². The zero-order valence-corrected chi connectivity index (χ0v) is 16.7. The number of hydrogen-bond donors (Lipinski definition) is 3. The van der Waals surface area contributed by atoms with E-state index in [4.69, 9.17) is 14.5 Å². The van der Waals surface area contributed by atoms with Gasteiger partial charge in [0.2, 0.25) is 0 Å². The predicted molar refractivity (Wildman–Crippen MR) is 105 cm³/mol. The minimum atomic E-state index is -4.73. The van der Waals surface area contributed by atoms with Gasteiger partial charge in [-0.15, -0.1) is 0 Å². The minimum Gasteiger partial charge on any atom is -0.390 e. The first kappa shape index (κ1) is 20.1. The van der Waals surface area contributed by atoms with E-state index in [1.54, 1.807) is 30.3 Å². The maximum absolute atomic E-state index is 12.7. The van der Waals surface area contributed by atoms with Gasteiger partial charge < -0.3 is 19.6 Å². The van der Waals surface area contributed by atoms with Crippen molar-refractivity contribution in [3.8, 4) is 11.3 Å². The number of hydrogen-bond acceptors (Lipinski definition) is 8. The lowest BCUT2D eigenvalue weighted by Crippen LogP contribution is -2.28. The molecule has 1 aliphatic carbocycles. The first-order valence-corrected chi connectivity index (χ1v) is 10.9. The average molecular weight is 445 g/mol. The molecule has 2 aliphatic rings. The number of pyridine rings is 1. The van der Waals surface area contributed by atoms with Crippen molar-refractivity contribution in [1.29, 1.82) is 0 Å². The maximum atomic E-state index is 12.7. The molecule has 1 aliphatic heterocycles. The lowest BCUT2D eigenvalue weighted by atomic mass is 10.1. The van der Waals surface area contributed by atoms with Crippen LogP contribution in [0.25, 0.3) is 22.3 Å². The van der Waals surface area contributed by atoms with E-state index in [-0.39, 0.29) is 17.9 Å². The van der Waals surface area contributed by atoms with Crippen LogP contribution in [0.15, 0.2) is 41.3 Å². The monoisotopic (exact) mass is 445 g/mol. The Balaban J connectivity index is 1.49. The number of nitrogens with zero attached hydrogens (tertiary/aromatic N) is 3. The molecule has 1 fully saturated rings. The summed E-state index contributed by atoms with van der Waals surface area (Å²) in [4.78, 5) is 51.4. The van der Waals surface area contributed by atoms with E-state index in [1.807, 2.05) is 0 Å². The van der Waals surface area contributed by atoms with Crippen molar-refractivity contribution < 1.29 is 33.5 Å². The molecule has 0 amide bonds. The molecule has 1 saturated heterocycles. The Morgan fingerprint density at radius 2 is 1.90 bits per heavy atom. The van der Waals surface area contributed by atoms with Crippen molar-refractivity contribution in [3.05, 3.63) is 58.1 Å². The number of rotatable bonds is 4. The molecular weight excluding hydrogens is 429 g/mol. The van der Waals surface area contributed by atoms with Crippen molar-refractivity contribution in [2.45, 2.75) is 24.9 Å². The van der Waals surface area contributed by atoms with Gasteiger partial charge in [-0.2, -0.15) is 4.98 Å². The summed E-state index contributed by atoms with van der Waals surface area (Å²) in [5.41, 5.74) is 1.59. The smallest absolute Gasteiger partial charge is 0.390 e. The third kappa shape index (κ3) is 3.51. The van der Waals surface area contributed by atoms with Crippen LogP contribution in [-0.4, -0.2) is 54.0 Å². The fourth-order valence-corrected chi connectivity index (χ4v) is 4.22. The standard InChI is InChI=1S/C19H16N3O8P/c23-13-6-15(30-14(13)8-29-31(26,27)28)22-7-9-5-12-16(20-18(9)21-19(22)25)10-3-1-2-4-11(10)17(12)24/h1-5,7,13-15,23H,6,8H2,(H2,26,27,28)/t13-,14+,15+/m0/s1. The number of carbonyl (C=O) groups is 1. The molecule has 12 heteroatoms. The van der Waals surface area contributed by atoms with E-state index in [1.165, 1.54) is 6.20 Å².